The van der Waals surface area contributed by atoms with E-state index in [2.05, 4.69) is 20.4 Å². The van der Waals surface area contributed by atoms with Crippen LogP contribution in [0.3, 0.4) is 0 Å². The Kier molecular flexibility index (Phi) is 4.86. The Morgan fingerprint density at radius 2 is 1.95 bits per heavy atom. The highest BCUT2D eigenvalue weighted by Crippen LogP contribution is 2.09. The third kappa shape index (κ3) is 4.60. The maximum Gasteiger partial charge on any atom is 0.234 e. The lowest BCUT2D eigenvalue weighted by atomic mass is 10.2. The molecule has 0 bridgehead atoms. The van der Waals surface area contributed by atoms with Gasteiger partial charge in [0.15, 0.2) is 0 Å². The SMILES string of the molecule is C[C@@H]1CN(CC(=O)NCCn2cnnc2)C[C@H](C)O1. The van der Waals surface area contributed by atoms with Gasteiger partial charge in [0, 0.05) is 26.2 Å². The van der Waals surface area contributed by atoms with Crippen molar-refractivity contribution in [1.29, 1.82) is 0 Å². The molecule has 2 heterocycles. The van der Waals surface area contributed by atoms with Crippen LogP contribution in [0.15, 0.2) is 12.7 Å². The van der Waals surface area contributed by atoms with E-state index in [1.54, 1.807) is 12.7 Å². The van der Waals surface area contributed by atoms with E-state index >= 15 is 0 Å². The second kappa shape index (κ2) is 6.63. The van der Waals surface area contributed by atoms with E-state index in [4.69, 9.17) is 4.74 Å². The van der Waals surface area contributed by atoms with E-state index in [0.717, 1.165) is 13.1 Å². The minimum atomic E-state index is 0.0503. The molecule has 1 fully saturated rings. The molecule has 1 N–H and O–H groups in total. The molecule has 1 aromatic rings. The topological polar surface area (TPSA) is 72.3 Å². The summed E-state index contributed by atoms with van der Waals surface area (Å²) >= 11 is 0. The Morgan fingerprint density at radius 3 is 2.58 bits per heavy atom. The summed E-state index contributed by atoms with van der Waals surface area (Å²) in [5, 5.41) is 10.3. The first-order valence-corrected chi connectivity index (χ1v) is 6.60. The molecule has 7 heteroatoms. The predicted molar refractivity (Wildman–Crippen MR) is 69.5 cm³/mol. The van der Waals surface area contributed by atoms with Crippen molar-refractivity contribution in [3.05, 3.63) is 12.7 Å². The van der Waals surface area contributed by atoms with Crippen molar-refractivity contribution in [2.45, 2.75) is 32.6 Å². The minimum Gasteiger partial charge on any atom is -0.373 e. The number of aromatic nitrogens is 3. The molecular formula is C12H21N5O2. The van der Waals surface area contributed by atoms with Crippen LogP contribution in [0, 0.1) is 0 Å². The van der Waals surface area contributed by atoms with Gasteiger partial charge in [0.2, 0.25) is 5.91 Å². The number of nitrogens with one attached hydrogen (secondary N) is 1. The molecule has 2 rings (SSSR count). The van der Waals surface area contributed by atoms with Gasteiger partial charge in [0.1, 0.15) is 12.7 Å². The molecule has 7 nitrogen and oxygen atoms in total. The van der Waals surface area contributed by atoms with E-state index in [1.165, 1.54) is 0 Å². The molecule has 1 aliphatic heterocycles. The summed E-state index contributed by atoms with van der Waals surface area (Å²) in [6.07, 6.45) is 3.65. The van der Waals surface area contributed by atoms with Gasteiger partial charge in [-0.1, -0.05) is 0 Å². The van der Waals surface area contributed by atoms with Gasteiger partial charge in [-0.25, -0.2) is 0 Å². The first-order chi connectivity index (χ1) is 9.13. The van der Waals surface area contributed by atoms with Crippen molar-refractivity contribution in [2.24, 2.45) is 0 Å². The normalized spacial score (nSPS) is 24.3. The maximum atomic E-state index is 11.8. The molecule has 0 unspecified atom stereocenters. The van der Waals surface area contributed by atoms with E-state index in [0.29, 0.717) is 19.6 Å². The van der Waals surface area contributed by atoms with Crippen LogP contribution in [0.1, 0.15) is 13.8 Å². The van der Waals surface area contributed by atoms with Gasteiger partial charge < -0.3 is 14.6 Å². The van der Waals surface area contributed by atoms with Gasteiger partial charge in [-0.3, -0.25) is 9.69 Å². The fourth-order valence-electron chi connectivity index (χ4n) is 2.33. The van der Waals surface area contributed by atoms with Crippen LogP contribution in [-0.4, -0.2) is 64.0 Å². The lowest BCUT2D eigenvalue weighted by molar-refractivity contribution is -0.126. The molecule has 1 amide bonds. The minimum absolute atomic E-state index is 0.0503. The third-order valence-electron chi connectivity index (χ3n) is 3.02. The summed E-state index contributed by atoms with van der Waals surface area (Å²) in [7, 11) is 0. The number of nitrogens with zero attached hydrogens (tertiary/aromatic N) is 4. The zero-order valence-corrected chi connectivity index (χ0v) is 11.5. The molecule has 106 valence electrons. The van der Waals surface area contributed by atoms with Crippen LogP contribution in [-0.2, 0) is 16.1 Å². The van der Waals surface area contributed by atoms with Crippen LogP contribution < -0.4 is 5.32 Å². The lowest BCUT2D eigenvalue weighted by Gasteiger charge is -2.34. The van der Waals surface area contributed by atoms with Crippen molar-refractivity contribution in [2.75, 3.05) is 26.2 Å². The highest BCUT2D eigenvalue weighted by Gasteiger charge is 2.23. The number of amides is 1. The molecular weight excluding hydrogens is 246 g/mol. The molecule has 1 aliphatic rings. The largest absolute Gasteiger partial charge is 0.373 e. The van der Waals surface area contributed by atoms with Gasteiger partial charge in [0.05, 0.1) is 18.8 Å². The van der Waals surface area contributed by atoms with Gasteiger partial charge in [-0.2, -0.15) is 0 Å². The first-order valence-electron chi connectivity index (χ1n) is 6.60. The van der Waals surface area contributed by atoms with Crippen molar-refractivity contribution in [3.63, 3.8) is 0 Å². The van der Waals surface area contributed by atoms with Crippen molar-refractivity contribution in [1.82, 2.24) is 25.0 Å². The Balaban J connectivity index is 1.66. The average molecular weight is 267 g/mol. The number of morpholine rings is 1. The van der Waals surface area contributed by atoms with Crippen molar-refractivity contribution < 1.29 is 9.53 Å². The number of hydrogen-bond acceptors (Lipinski definition) is 5. The monoisotopic (exact) mass is 267 g/mol. The maximum absolute atomic E-state index is 11.8. The summed E-state index contributed by atoms with van der Waals surface area (Å²) in [6, 6.07) is 0. The fourth-order valence-corrected chi connectivity index (χ4v) is 2.33. The molecule has 0 radical (unpaired) electrons. The quantitative estimate of drug-likeness (QED) is 0.779. The number of ether oxygens (including phenoxy) is 1. The Morgan fingerprint density at radius 1 is 1.32 bits per heavy atom. The van der Waals surface area contributed by atoms with Crippen LogP contribution in [0.2, 0.25) is 0 Å². The average Bonchev–Trinajstić information content (AvgIpc) is 2.80. The summed E-state index contributed by atoms with van der Waals surface area (Å²) in [5.74, 6) is 0.0503. The lowest BCUT2D eigenvalue weighted by Crippen LogP contribution is -2.49. The molecule has 0 saturated carbocycles. The van der Waals surface area contributed by atoms with E-state index in [1.807, 2.05) is 18.4 Å². The highest BCUT2D eigenvalue weighted by molar-refractivity contribution is 5.77. The summed E-state index contributed by atoms with van der Waals surface area (Å²) in [5.41, 5.74) is 0. The first kappa shape index (κ1) is 14.0. The van der Waals surface area contributed by atoms with Gasteiger partial charge in [-0.05, 0) is 13.8 Å². The smallest absolute Gasteiger partial charge is 0.234 e. The summed E-state index contributed by atoms with van der Waals surface area (Å²) < 4.78 is 7.47. The van der Waals surface area contributed by atoms with E-state index < -0.39 is 0 Å². The van der Waals surface area contributed by atoms with Crippen LogP contribution in [0.5, 0.6) is 0 Å². The van der Waals surface area contributed by atoms with Crippen LogP contribution in [0.4, 0.5) is 0 Å². The zero-order valence-electron chi connectivity index (χ0n) is 11.5. The molecule has 1 aromatic heterocycles. The van der Waals surface area contributed by atoms with Gasteiger partial charge in [-0.15, -0.1) is 10.2 Å². The molecule has 1 saturated heterocycles. The van der Waals surface area contributed by atoms with Crippen molar-refractivity contribution >= 4 is 5.91 Å². The summed E-state index contributed by atoms with van der Waals surface area (Å²) in [6.45, 7) is 7.40. The molecule has 0 spiro atoms. The molecule has 19 heavy (non-hydrogen) atoms. The Bertz CT molecular complexity index is 385. The number of rotatable bonds is 5. The summed E-state index contributed by atoms with van der Waals surface area (Å²) in [4.78, 5) is 14.0. The second-order valence-electron chi connectivity index (χ2n) is 5.00. The highest BCUT2D eigenvalue weighted by atomic mass is 16.5. The molecule has 2 atom stereocenters. The van der Waals surface area contributed by atoms with Crippen LogP contribution >= 0.6 is 0 Å². The van der Waals surface area contributed by atoms with Crippen molar-refractivity contribution in [3.8, 4) is 0 Å². The van der Waals surface area contributed by atoms with Gasteiger partial charge >= 0.3 is 0 Å². The Hall–Kier alpha value is -1.47. The standard InChI is InChI=1S/C12H21N5O2/c1-10-5-17(6-11(2)19-10)7-12(18)13-3-4-16-8-14-15-9-16/h8-11H,3-7H2,1-2H3,(H,13,18)/t10-,11+. The number of carbonyl (C=O) groups excluding carboxylic acids is 1. The molecule has 0 aliphatic carbocycles. The fraction of sp³-hybridized carbons (Fsp3) is 0.750. The third-order valence-corrected chi connectivity index (χ3v) is 3.02. The van der Waals surface area contributed by atoms with Crippen LogP contribution in [0.25, 0.3) is 0 Å². The van der Waals surface area contributed by atoms with E-state index in [9.17, 15) is 4.79 Å². The van der Waals surface area contributed by atoms with Gasteiger partial charge in [0.25, 0.3) is 0 Å². The van der Waals surface area contributed by atoms with E-state index in [-0.39, 0.29) is 18.1 Å². The second-order valence-corrected chi connectivity index (χ2v) is 5.00. The zero-order chi connectivity index (χ0) is 13.7. The predicted octanol–water partition coefficient (Wildman–Crippen LogP) is -0.496. The molecule has 0 aromatic carbocycles. The number of hydrogen-bond donors (Lipinski definition) is 1. The number of carbonyl (C=O) groups is 1. The Labute approximate surface area is 112 Å².